The lowest BCUT2D eigenvalue weighted by Crippen LogP contribution is -2.23. The first kappa shape index (κ1) is 12.0. The summed E-state index contributed by atoms with van der Waals surface area (Å²) < 4.78 is 61.4. The van der Waals surface area contributed by atoms with E-state index in [9.17, 15) is 21.6 Å². The molecular weight excluding hydrogens is 255 g/mol. The van der Waals surface area contributed by atoms with E-state index in [1.54, 1.807) is 12.1 Å². The van der Waals surface area contributed by atoms with Crippen molar-refractivity contribution in [3.63, 3.8) is 0 Å². The van der Waals surface area contributed by atoms with Crippen LogP contribution >= 0.6 is 0 Å². The van der Waals surface area contributed by atoms with Gasteiger partial charge in [0.2, 0.25) is 0 Å². The molecule has 2 aromatic rings. The normalized spacial score (nSPS) is 13.2. The minimum Gasteiger partial charge on any atom is -0.349 e. The highest BCUT2D eigenvalue weighted by atomic mass is 32.2. The molecular formula is C10H8F3NO2S. The number of nitrogens with zero attached hydrogens (tertiary/aromatic N) is 1. The standard InChI is InChI=1S/C10H8F3NO2S/c1-14-6-9(17(15,16)10(11,12)13)7-4-2-3-5-8(7)14/h2-6H,1H3. The molecule has 0 saturated carbocycles. The first-order valence-corrected chi connectivity index (χ1v) is 6.09. The molecule has 0 aliphatic rings. The van der Waals surface area contributed by atoms with Gasteiger partial charge < -0.3 is 4.57 Å². The lowest BCUT2D eigenvalue weighted by molar-refractivity contribution is -0.0435. The fraction of sp³-hybridized carbons (Fsp3) is 0.200. The largest absolute Gasteiger partial charge is 0.501 e. The monoisotopic (exact) mass is 263 g/mol. The highest BCUT2D eigenvalue weighted by Gasteiger charge is 2.48. The Morgan fingerprint density at radius 2 is 1.76 bits per heavy atom. The van der Waals surface area contributed by atoms with Gasteiger partial charge in [-0.3, -0.25) is 0 Å². The van der Waals surface area contributed by atoms with Crippen molar-refractivity contribution in [2.24, 2.45) is 7.05 Å². The maximum Gasteiger partial charge on any atom is 0.501 e. The number of rotatable bonds is 1. The number of benzene rings is 1. The maximum absolute atomic E-state index is 12.5. The van der Waals surface area contributed by atoms with Crippen LogP contribution in [0.1, 0.15) is 0 Å². The predicted molar refractivity (Wildman–Crippen MR) is 56.2 cm³/mol. The number of aromatic nitrogens is 1. The van der Waals surface area contributed by atoms with Crippen LogP contribution in [0.25, 0.3) is 10.9 Å². The van der Waals surface area contributed by atoms with Crippen molar-refractivity contribution in [1.29, 1.82) is 0 Å². The first-order chi connectivity index (χ1) is 7.75. The summed E-state index contributed by atoms with van der Waals surface area (Å²) in [4.78, 5) is -0.705. The number of hydrogen-bond acceptors (Lipinski definition) is 2. The van der Waals surface area contributed by atoms with Gasteiger partial charge in [-0.25, -0.2) is 8.42 Å². The van der Waals surface area contributed by atoms with Gasteiger partial charge in [-0.1, -0.05) is 18.2 Å². The molecule has 1 aromatic heterocycles. The van der Waals surface area contributed by atoms with E-state index in [0.29, 0.717) is 5.52 Å². The van der Waals surface area contributed by atoms with E-state index >= 15 is 0 Å². The maximum atomic E-state index is 12.5. The summed E-state index contributed by atoms with van der Waals surface area (Å²) in [5.41, 5.74) is -4.84. The molecule has 2 rings (SSSR count). The van der Waals surface area contributed by atoms with Crippen LogP contribution in [0.3, 0.4) is 0 Å². The highest BCUT2D eigenvalue weighted by Crippen LogP contribution is 2.34. The molecule has 3 nitrogen and oxygen atoms in total. The fourth-order valence-corrected chi connectivity index (χ4v) is 2.65. The number of alkyl halides is 3. The van der Waals surface area contributed by atoms with Crippen molar-refractivity contribution in [2.75, 3.05) is 0 Å². The van der Waals surface area contributed by atoms with Gasteiger partial charge in [0.05, 0.1) is 0 Å². The van der Waals surface area contributed by atoms with E-state index in [1.807, 2.05) is 0 Å². The Hall–Kier alpha value is -1.50. The average Bonchev–Trinajstić information content (AvgIpc) is 2.56. The molecule has 0 spiro atoms. The zero-order valence-corrected chi connectivity index (χ0v) is 9.51. The molecule has 0 unspecified atom stereocenters. The first-order valence-electron chi connectivity index (χ1n) is 4.60. The second-order valence-electron chi connectivity index (χ2n) is 3.57. The van der Waals surface area contributed by atoms with Crippen LogP contribution in [-0.2, 0) is 16.9 Å². The van der Waals surface area contributed by atoms with Gasteiger partial charge in [0.15, 0.2) is 0 Å². The van der Waals surface area contributed by atoms with Crippen LogP contribution in [0, 0.1) is 0 Å². The quantitative estimate of drug-likeness (QED) is 0.792. The number of sulfone groups is 1. The summed E-state index contributed by atoms with van der Waals surface area (Å²) >= 11 is 0. The lowest BCUT2D eigenvalue weighted by atomic mass is 10.2. The summed E-state index contributed by atoms with van der Waals surface area (Å²) in [5.74, 6) is 0. The Kier molecular flexibility index (Phi) is 2.46. The summed E-state index contributed by atoms with van der Waals surface area (Å²) in [7, 11) is -3.81. The van der Waals surface area contributed by atoms with E-state index in [2.05, 4.69) is 0 Å². The van der Waals surface area contributed by atoms with Crippen molar-refractivity contribution in [2.45, 2.75) is 10.4 Å². The molecule has 1 aromatic carbocycles. The Labute approximate surface area is 95.4 Å². The van der Waals surface area contributed by atoms with Gasteiger partial charge in [-0.2, -0.15) is 13.2 Å². The number of para-hydroxylation sites is 1. The number of hydrogen-bond donors (Lipinski definition) is 0. The zero-order chi connectivity index (χ0) is 12.8. The van der Waals surface area contributed by atoms with Crippen molar-refractivity contribution in [3.05, 3.63) is 30.5 Å². The molecule has 0 atom stereocenters. The molecule has 0 aliphatic carbocycles. The van der Waals surface area contributed by atoms with Crippen molar-refractivity contribution in [3.8, 4) is 0 Å². The number of halogens is 3. The smallest absolute Gasteiger partial charge is 0.349 e. The Bertz CT molecular complexity index is 670. The molecule has 92 valence electrons. The van der Waals surface area contributed by atoms with Gasteiger partial charge in [0, 0.05) is 24.1 Å². The third-order valence-electron chi connectivity index (χ3n) is 2.45. The third kappa shape index (κ3) is 1.70. The Balaban J connectivity index is 2.82. The van der Waals surface area contributed by atoms with Gasteiger partial charge in [-0.15, -0.1) is 0 Å². The molecule has 0 saturated heterocycles. The van der Waals surface area contributed by atoms with Crippen LogP contribution in [0.4, 0.5) is 13.2 Å². The topological polar surface area (TPSA) is 39.1 Å². The second kappa shape index (κ2) is 3.49. The molecule has 0 radical (unpaired) electrons. The Morgan fingerprint density at radius 1 is 1.18 bits per heavy atom. The lowest BCUT2D eigenvalue weighted by Gasteiger charge is -2.06. The van der Waals surface area contributed by atoms with Crippen molar-refractivity contribution < 1.29 is 21.6 Å². The van der Waals surface area contributed by atoms with Gasteiger partial charge in [-0.05, 0) is 6.07 Å². The SMILES string of the molecule is Cn1cc(S(=O)(=O)C(F)(F)F)c2ccccc21. The van der Waals surface area contributed by atoms with Crippen LogP contribution < -0.4 is 0 Å². The molecule has 0 aliphatic heterocycles. The number of aryl methyl sites for hydroxylation is 1. The summed E-state index contributed by atoms with van der Waals surface area (Å²) in [6, 6.07) is 6.04. The van der Waals surface area contributed by atoms with Gasteiger partial charge in [0.1, 0.15) is 4.90 Å². The van der Waals surface area contributed by atoms with Crippen LogP contribution in [0.2, 0.25) is 0 Å². The van der Waals surface area contributed by atoms with Crippen molar-refractivity contribution >= 4 is 20.7 Å². The van der Waals surface area contributed by atoms with Crippen LogP contribution in [0.15, 0.2) is 35.4 Å². The van der Waals surface area contributed by atoms with E-state index < -0.39 is 20.2 Å². The van der Waals surface area contributed by atoms with E-state index in [1.165, 1.54) is 23.7 Å². The summed E-state index contributed by atoms with van der Waals surface area (Å²) in [6.07, 6.45) is 0.980. The number of fused-ring (bicyclic) bond motifs is 1. The minimum atomic E-state index is -5.30. The van der Waals surface area contributed by atoms with E-state index in [4.69, 9.17) is 0 Å². The molecule has 1 heterocycles. The van der Waals surface area contributed by atoms with E-state index in [-0.39, 0.29) is 5.39 Å². The zero-order valence-electron chi connectivity index (χ0n) is 8.69. The summed E-state index contributed by atoms with van der Waals surface area (Å²) in [6.45, 7) is 0. The average molecular weight is 263 g/mol. The minimum absolute atomic E-state index is 0.0762. The molecule has 7 heteroatoms. The van der Waals surface area contributed by atoms with Crippen LogP contribution in [0.5, 0.6) is 0 Å². The molecule has 0 bridgehead atoms. The second-order valence-corrected chi connectivity index (χ2v) is 5.48. The van der Waals surface area contributed by atoms with Gasteiger partial charge in [0.25, 0.3) is 9.84 Å². The van der Waals surface area contributed by atoms with E-state index in [0.717, 1.165) is 6.20 Å². The Morgan fingerprint density at radius 3 is 2.35 bits per heavy atom. The van der Waals surface area contributed by atoms with Gasteiger partial charge >= 0.3 is 5.51 Å². The molecule has 0 fully saturated rings. The van der Waals surface area contributed by atoms with Crippen molar-refractivity contribution in [1.82, 2.24) is 4.57 Å². The fourth-order valence-electron chi connectivity index (χ4n) is 1.64. The molecule has 0 N–H and O–H groups in total. The summed E-state index contributed by atoms with van der Waals surface area (Å²) in [5, 5.41) is 0.0762. The third-order valence-corrected chi connectivity index (χ3v) is 3.97. The highest BCUT2D eigenvalue weighted by molar-refractivity contribution is 7.92. The molecule has 0 amide bonds. The predicted octanol–water partition coefficient (Wildman–Crippen LogP) is 2.47. The molecule has 17 heavy (non-hydrogen) atoms. The van der Waals surface area contributed by atoms with Crippen LogP contribution in [-0.4, -0.2) is 18.5 Å².